The van der Waals surface area contributed by atoms with Crippen molar-refractivity contribution in [3.8, 4) is 0 Å². The quantitative estimate of drug-likeness (QED) is 0.717. The number of hydrogen-bond acceptors (Lipinski definition) is 3. The third kappa shape index (κ3) is 2.37. The maximum Gasteiger partial charge on any atom is 0.331 e. The Bertz CT molecular complexity index is 715. The number of H-pyrrole nitrogens is 2. The number of hydrogen-bond donors (Lipinski definition) is 2. The summed E-state index contributed by atoms with van der Waals surface area (Å²) in [6.07, 6.45) is 3.62. The highest BCUT2D eigenvalue weighted by Gasteiger charge is 2.14. The first kappa shape index (κ1) is 11.9. The van der Waals surface area contributed by atoms with E-state index in [9.17, 15) is 4.79 Å². The highest BCUT2D eigenvalue weighted by Crippen LogP contribution is 2.20. The normalized spacial score (nSPS) is 10.8. The lowest BCUT2D eigenvalue weighted by Crippen LogP contribution is -2.17. The van der Waals surface area contributed by atoms with Crippen LogP contribution in [0.2, 0.25) is 0 Å². The third-order valence-electron chi connectivity index (χ3n) is 3.02. The van der Waals surface area contributed by atoms with E-state index in [1.54, 1.807) is 17.5 Å². The number of ketones is 1. The lowest BCUT2D eigenvalue weighted by molar-refractivity contribution is -0.354. The van der Waals surface area contributed by atoms with Crippen molar-refractivity contribution in [3.05, 3.63) is 47.1 Å². The molecule has 0 aliphatic heterocycles. The Labute approximate surface area is 114 Å². The van der Waals surface area contributed by atoms with Gasteiger partial charge < -0.3 is 4.98 Å². The minimum absolute atomic E-state index is 0.0805. The Kier molecular flexibility index (Phi) is 3.05. The highest BCUT2D eigenvalue weighted by molar-refractivity contribution is 7.13. The monoisotopic (exact) mass is 272 g/mol. The number of thiazole rings is 1. The predicted molar refractivity (Wildman–Crippen MR) is 76.7 cm³/mol. The lowest BCUT2D eigenvalue weighted by Gasteiger charge is -1.97. The van der Waals surface area contributed by atoms with E-state index >= 15 is 0 Å². The molecule has 2 aromatic heterocycles. The zero-order valence-electron chi connectivity index (χ0n) is 10.5. The van der Waals surface area contributed by atoms with Crippen LogP contribution in [0.4, 0.5) is 5.13 Å². The number of aromatic nitrogens is 2. The number of rotatable bonds is 4. The summed E-state index contributed by atoms with van der Waals surface area (Å²) < 4.78 is 0. The standard InChI is InChI=1S/C14H13N3OS/c1-9-2-3-10-11(7-16-12(10)6-9)13(18)8-17-14-15-4-5-19-14/h2-7,16H,8H2,1H3,(H,15,17)/p+1. The summed E-state index contributed by atoms with van der Waals surface area (Å²) in [5.41, 5.74) is 2.92. The topological polar surface area (TPSA) is 59.0 Å². The fourth-order valence-corrected chi connectivity index (χ4v) is 2.63. The molecule has 0 amide bonds. The highest BCUT2D eigenvalue weighted by atomic mass is 32.1. The van der Waals surface area contributed by atoms with Gasteiger partial charge in [0.25, 0.3) is 0 Å². The molecule has 0 saturated heterocycles. The number of carbonyl (C=O) groups is 1. The van der Waals surface area contributed by atoms with Crippen LogP contribution in [-0.4, -0.2) is 17.3 Å². The molecule has 5 heteroatoms. The zero-order valence-corrected chi connectivity index (χ0v) is 11.3. The van der Waals surface area contributed by atoms with E-state index in [1.165, 1.54) is 5.56 Å². The van der Waals surface area contributed by atoms with Crippen LogP contribution in [0.15, 0.2) is 36.0 Å². The van der Waals surface area contributed by atoms with Gasteiger partial charge in [0.2, 0.25) is 5.78 Å². The summed E-state index contributed by atoms with van der Waals surface area (Å²) in [5, 5.41) is 6.89. The molecule has 4 nitrogen and oxygen atoms in total. The van der Waals surface area contributed by atoms with Crippen molar-refractivity contribution in [3.63, 3.8) is 0 Å². The molecule has 0 saturated carbocycles. The Morgan fingerprint density at radius 2 is 2.37 bits per heavy atom. The van der Waals surface area contributed by atoms with Crippen molar-refractivity contribution in [2.75, 3.05) is 11.9 Å². The second kappa shape index (κ2) is 4.85. The number of fused-ring (bicyclic) bond motifs is 1. The molecule has 3 rings (SSSR count). The SMILES string of the molecule is Cc1ccc2c(C(=O)CNc3[nH+]ccs3)c[nH]c2c1. The summed E-state index contributed by atoms with van der Waals surface area (Å²) in [7, 11) is 0. The van der Waals surface area contributed by atoms with E-state index in [2.05, 4.69) is 15.3 Å². The van der Waals surface area contributed by atoms with E-state index in [4.69, 9.17) is 0 Å². The second-order valence-corrected chi connectivity index (χ2v) is 5.34. The van der Waals surface area contributed by atoms with E-state index in [0.717, 1.165) is 21.6 Å². The molecular weight excluding hydrogens is 258 g/mol. The van der Waals surface area contributed by atoms with Gasteiger partial charge in [-0.3, -0.25) is 10.1 Å². The van der Waals surface area contributed by atoms with Crippen LogP contribution in [0.5, 0.6) is 0 Å². The van der Waals surface area contributed by atoms with Gasteiger partial charge >= 0.3 is 5.13 Å². The number of aromatic amines is 2. The fourth-order valence-electron chi connectivity index (χ4n) is 2.07. The largest absolute Gasteiger partial charge is 0.360 e. The molecule has 0 bridgehead atoms. The summed E-state index contributed by atoms with van der Waals surface area (Å²) in [6, 6.07) is 6.06. The third-order valence-corrected chi connectivity index (χ3v) is 3.79. The van der Waals surface area contributed by atoms with Gasteiger partial charge in [-0.05, 0) is 18.6 Å². The number of nitrogens with one attached hydrogen (secondary N) is 3. The van der Waals surface area contributed by atoms with Gasteiger partial charge in [-0.1, -0.05) is 23.5 Å². The molecule has 0 radical (unpaired) electrons. The van der Waals surface area contributed by atoms with Crippen molar-refractivity contribution in [2.24, 2.45) is 0 Å². The fraction of sp³-hybridized carbons (Fsp3) is 0.143. The Hall–Kier alpha value is -2.14. The molecule has 0 spiro atoms. The summed E-state index contributed by atoms with van der Waals surface area (Å²) in [5.74, 6) is 0.0805. The number of benzene rings is 1. The molecule has 3 aromatic rings. The Morgan fingerprint density at radius 3 is 3.16 bits per heavy atom. The second-order valence-electron chi connectivity index (χ2n) is 4.42. The van der Waals surface area contributed by atoms with Crippen molar-refractivity contribution < 1.29 is 9.78 Å². The van der Waals surface area contributed by atoms with Crippen molar-refractivity contribution in [1.82, 2.24) is 4.98 Å². The summed E-state index contributed by atoms with van der Waals surface area (Å²) in [4.78, 5) is 18.4. The van der Waals surface area contributed by atoms with Gasteiger partial charge in [0.1, 0.15) is 6.54 Å². The Morgan fingerprint density at radius 1 is 1.47 bits per heavy atom. The molecule has 0 aliphatic carbocycles. The van der Waals surface area contributed by atoms with E-state index in [-0.39, 0.29) is 12.3 Å². The van der Waals surface area contributed by atoms with E-state index in [1.807, 2.05) is 36.7 Å². The molecule has 96 valence electrons. The van der Waals surface area contributed by atoms with Crippen LogP contribution in [0, 0.1) is 6.92 Å². The van der Waals surface area contributed by atoms with Crippen molar-refractivity contribution in [2.45, 2.75) is 6.92 Å². The molecule has 0 unspecified atom stereocenters. The van der Waals surface area contributed by atoms with Gasteiger partial charge in [0.15, 0.2) is 0 Å². The van der Waals surface area contributed by atoms with Gasteiger partial charge in [0, 0.05) is 28.0 Å². The summed E-state index contributed by atoms with van der Waals surface area (Å²) in [6.45, 7) is 2.33. The average Bonchev–Trinajstić information content (AvgIpc) is 3.04. The van der Waals surface area contributed by atoms with Crippen LogP contribution >= 0.6 is 11.3 Å². The molecule has 0 atom stereocenters. The molecule has 0 fully saturated rings. The van der Waals surface area contributed by atoms with Crippen molar-refractivity contribution in [1.29, 1.82) is 0 Å². The van der Waals surface area contributed by atoms with Crippen LogP contribution in [0.3, 0.4) is 0 Å². The van der Waals surface area contributed by atoms with E-state index in [0.29, 0.717) is 0 Å². The van der Waals surface area contributed by atoms with Crippen LogP contribution in [-0.2, 0) is 0 Å². The molecule has 1 aromatic carbocycles. The molecule has 2 heterocycles. The van der Waals surface area contributed by atoms with Gasteiger partial charge in [-0.15, -0.1) is 0 Å². The predicted octanol–water partition coefficient (Wildman–Crippen LogP) is 2.65. The first-order valence-corrected chi connectivity index (χ1v) is 6.92. The average molecular weight is 272 g/mol. The van der Waals surface area contributed by atoms with Gasteiger partial charge in [0.05, 0.1) is 6.20 Å². The minimum atomic E-state index is 0.0805. The lowest BCUT2D eigenvalue weighted by atomic mass is 10.1. The smallest absolute Gasteiger partial charge is 0.331 e. The van der Waals surface area contributed by atoms with E-state index < -0.39 is 0 Å². The molecule has 0 aliphatic rings. The molecular formula is C14H14N3OS+. The maximum atomic E-state index is 12.2. The number of Topliss-reactive ketones (excluding diaryl/α,β-unsaturated/α-hetero) is 1. The van der Waals surface area contributed by atoms with Crippen LogP contribution in [0.25, 0.3) is 10.9 Å². The van der Waals surface area contributed by atoms with Gasteiger partial charge in [-0.25, -0.2) is 4.98 Å². The van der Waals surface area contributed by atoms with Crippen LogP contribution < -0.4 is 10.3 Å². The van der Waals surface area contributed by atoms with Crippen LogP contribution in [0.1, 0.15) is 15.9 Å². The summed E-state index contributed by atoms with van der Waals surface area (Å²) >= 11 is 1.54. The number of anilines is 1. The molecule has 3 N–H and O–H groups in total. The molecule has 19 heavy (non-hydrogen) atoms. The first-order chi connectivity index (χ1) is 9.24. The number of aryl methyl sites for hydroxylation is 1. The first-order valence-electron chi connectivity index (χ1n) is 6.04. The zero-order chi connectivity index (χ0) is 13.2. The maximum absolute atomic E-state index is 12.2. The minimum Gasteiger partial charge on any atom is -0.360 e. The van der Waals surface area contributed by atoms with Gasteiger partial charge in [-0.2, -0.15) is 0 Å². The Balaban J connectivity index is 1.81. The number of carbonyl (C=O) groups excluding carboxylic acids is 1. The van der Waals surface area contributed by atoms with Crippen molar-refractivity contribution >= 4 is 33.2 Å².